The van der Waals surface area contributed by atoms with Gasteiger partial charge >= 0.3 is 15.7 Å². The fraction of sp³-hybridized carbons (Fsp3) is 0.118. The average Bonchev–Trinajstić information content (AvgIpc) is 2.48. The molecule has 3 aromatic rings. The molecule has 0 atom stereocenters. The summed E-state index contributed by atoms with van der Waals surface area (Å²) in [6, 6.07) is 12.3. The van der Waals surface area contributed by atoms with Crippen molar-refractivity contribution >= 4 is 21.1 Å². The zero-order valence-corrected chi connectivity index (χ0v) is 13.4. The van der Waals surface area contributed by atoms with Gasteiger partial charge in [0.1, 0.15) is 16.2 Å². The molecule has 0 bridgehead atoms. The third-order valence-electron chi connectivity index (χ3n) is 3.44. The first kappa shape index (κ1) is 15.3. The van der Waals surface area contributed by atoms with Crippen molar-refractivity contribution < 1.29 is 17.0 Å². The third kappa shape index (κ3) is 3.12. The molecule has 23 heavy (non-hydrogen) atoms. The van der Waals surface area contributed by atoms with Gasteiger partial charge in [-0.05, 0) is 49.7 Å². The van der Waals surface area contributed by atoms with Crippen LogP contribution in [0, 0.1) is 13.8 Å². The number of fused-ring (bicyclic) bond motifs is 1. The molecule has 0 N–H and O–H groups in total. The van der Waals surface area contributed by atoms with Crippen molar-refractivity contribution in [3.63, 3.8) is 0 Å². The quantitative estimate of drug-likeness (QED) is 0.545. The summed E-state index contributed by atoms with van der Waals surface area (Å²) in [6.07, 6.45) is 0. The lowest BCUT2D eigenvalue weighted by Gasteiger charge is -2.08. The fourth-order valence-electron chi connectivity index (χ4n) is 2.23. The molecule has 0 aliphatic rings. The van der Waals surface area contributed by atoms with Gasteiger partial charge < -0.3 is 8.60 Å². The van der Waals surface area contributed by atoms with Crippen LogP contribution in [0.5, 0.6) is 5.75 Å². The van der Waals surface area contributed by atoms with Crippen LogP contribution in [-0.2, 0) is 10.1 Å². The summed E-state index contributed by atoms with van der Waals surface area (Å²) in [5.74, 6) is 0.162. The van der Waals surface area contributed by atoms with E-state index in [1.54, 1.807) is 25.1 Å². The topological polar surface area (TPSA) is 73.6 Å². The summed E-state index contributed by atoms with van der Waals surface area (Å²) in [5.41, 5.74) is 1.58. The van der Waals surface area contributed by atoms with Crippen LogP contribution in [0.25, 0.3) is 11.0 Å². The monoisotopic (exact) mass is 330 g/mol. The van der Waals surface area contributed by atoms with Crippen LogP contribution in [0.4, 0.5) is 0 Å². The second-order valence-corrected chi connectivity index (χ2v) is 6.80. The minimum Gasteiger partial charge on any atom is -0.423 e. The average molecular weight is 330 g/mol. The van der Waals surface area contributed by atoms with Gasteiger partial charge in [-0.2, -0.15) is 8.42 Å². The van der Waals surface area contributed by atoms with Crippen molar-refractivity contribution in [3.8, 4) is 5.75 Å². The smallest absolute Gasteiger partial charge is 0.339 e. The molecule has 3 rings (SSSR count). The van der Waals surface area contributed by atoms with E-state index in [0.717, 1.165) is 5.56 Å². The van der Waals surface area contributed by atoms with E-state index in [0.29, 0.717) is 16.5 Å². The second-order valence-electron chi connectivity index (χ2n) is 5.26. The number of hydrogen-bond donors (Lipinski definition) is 0. The van der Waals surface area contributed by atoms with Crippen molar-refractivity contribution in [1.82, 2.24) is 0 Å². The number of rotatable bonds is 3. The molecule has 0 amide bonds. The molecule has 0 unspecified atom stereocenters. The van der Waals surface area contributed by atoms with Gasteiger partial charge in [0.15, 0.2) is 0 Å². The SMILES string of the molecule is Cc1ccc(S(=O)(=O)Oc2ccc3oc(=O)cc(C)c3c2)cc1. The number of benzene rings is 2. The Morgan fingerprint density at radius 2 is 1.65 bits per heavy atom. The van der Waals surface area contributed by atoms with Gasteiger partial charge in [0.2, 0.25) is 0 Å². The highest BCUT2D eigenvalue weighted by Gasteiger charge is 2.17. The highest BCUT2D eigenvalue weighted by molar-refractivity contribution is 7.87. The summed E-state index contributed by atoms with van der Waals surface area (Å²) in [7, 11) is -3.91. The molecule has 0 aliphatic heterocycles. The van der Waals surface area contributed by atoms with Gasteiger partial charge in [-0.1, -0.05) is 17.7 Å². The standard InChI is InChI=1S/C17H14O5S/c1-11-3-6-14(7-4-11)23(19,20)22-13-5-8-16-15(10-13)12(2)9-17(18)21-16/h3-10H,1-2H3. The van der Waals surface area contributed by atoms with E-state index >= 15 is 0 Å². The molecule has 0 radical (unpaired) electrons. The minimum atomic E-state index is -3.91. The van der Waals surface area contributed by atoms with Gasteiger partial charge in [-0.15, -0.1) is 0 Å². The Hall–Kier alpha value is -2.60. The lowest BCUT2D eigenvalue weighted by Crippen LogP contribution is -2.09. The molecule has 118 valence electrons. The third-order valence-corrected chi connectivity index (χ3v) is 4.70. The molecule has 2 aromatic carbocycles. The number of aryl methyl sites for hydroxylation is 2. The van der Waals surface area contributed by atoms with E-state index in [1.165, 1.54) is 30.3 Å². The predicted octanol–water partition coefficient (Wildman–Crippen LogP) is 3.18. The van der Waals surface area contributed by atoms with E-state index in [1.807, 2.05) is 6.92 Å². The first-order chi connectivity index (χ1) is 10.8. The van der Waals surface area contributed by atoms with E-state index in [2.05, 4.69) is 0 Å². The van der Waals surface area contributed by atoms with Crippen LogP contribution in [0.1, 0.15) is 11.1 Å². The molecule has 6 heteroatoms. The van der Waals surface area contributed by atoms with Crippen LogP contribution in [0.15, 0.2) is 62.6 Å². The molecule has 0 spiro atoms. The zero-order valence-electron chi connectivity index (χ0n) is 12.6. The van der Waals surface area contributed by atoms with E-state index in [4.69, 9.17) is 8.60 Å². The first-order valence-corrected chi connectivity index (χ1v) is 8.32. The first-order valence-electron chi connectivity index (χ1n) is 6.91. The highest BCUT2D eigenvalue weighted by atomic mass is 32.2. The fourth-order valence-corrected chi connectivity index (χ4v) is 3.15. The van der Waals surface area contributed by atoms with E-state index in [9.17, 15) is 13.2 Å². The maximum absolute atomic E-state index is 12.3. The summed E-state index contributed by atoms with van der Waals surface area (Å²) in [4.78, 5) is 11.4. The van der Waals surface area contributed by atoms with Gasteiger partial charge in [0.25, 0.3) is 0 Å². The number of hydrogen-bond acceptors (Lipinski definition) is 5. The Morgan fingerprint density at radius 3 is 2.35 bits per heavy atom. The summed E-state index contributed by atoms with van der Waals surface area (Å²) >= 11 is 0. The Bertz CT molecular complexity index is 1030. The van der Waals surface area contributed by atoms with E-state index in [-0.39, 0.29) is 10.6 Å². The van der Waals surface area contributed by atoms with Crippen LogP contribution in [0.2, 0.25) is 0 Å². The second kappa shape index (κ2) is 5.55. The van der Waals surface area contributed by atoms with Crippen LogP contribution in [-0.4, -0.2) is 8.42 Å². The highest BCUT2D eigenvalue weighted by Crippen LogP contribution is 2.25. The molecule has 1 heterocycles. The molecular weight excluding hydrogens is 316 g/mol. The molecule has 0 saturated carbocycles. The molecule has 0 saturated heterocycles. The van der Waals surface area contributed by atoms with Gasteiger partial charge in [-0.3, -0.25) is 0 Å². The van der Waals surface area contributed by atoms with Gasteiger partial charge in [0.05, 0.1) is 0 Å². The maximum Gasteiger partial charge on any atom is 0.339 e. The maximum atomic E-state index is 12.3. The molecule has 1 aromatic heterocycles. The Kier molecular flexibility index (Phi) is 3.69. The summed E-state index contributed by atoms with van der Waals surface area (Å²) in [5, 5.41) is 0.626. The van der Waals surface area contributed by atoms with Crippen molar-refractivity contribution in [2.75, 3.05) is 0 Å². The normalized spacial score (nSPS) is 11.6. The van der Waals surface area contributed by atoms with Crippen LogP contribution in [0.3, 0.4) is 0 Å². The van der Waals surface area contributed by atoms with E-state index < -0.39 is 15.7 Å². The Labute approximate surface area is 133 Å². The van der Waals surface area contributed by atoms with Gasteiger partial charge in [0, 0.05) is 11.5 Å². The van der Waals surface area contributed by atoms with Crippen molar-refractivity contribution in [3.05, 3.63) is 70.1 Å². The summed E-state index contributed by atoms with van der Waals surface area (Å²) < 4.78 is 34.8. The van der Waals surface area contributed by atoms with Crippen molar-refractivity contribution in [2.45, 2.75) is 18.7 Å². The van der Waals surface area contributed by atoms with Crippen molar-refractivity contribution in [2.24, 2.45) is 0 Å². The Morgan fingerprint density at radius 1 is 0.957 bits per heavy atom. The lowest BCUT2D eigenvalue weighted by molar-refractivity contribution is 0.486. The molecular formula is C17H14O5S. The molecule has 5 nitrogen and oxygen atoms in total. The predicted molar refractivity (Wildman–Crippen MR) is 86.2 cm³/mol. The summed E-state index contributed by atoms with van der Waals surface area (Å²) in [6.45, 7) is 3.62. The van der Waals surface area contributed by atoms with Crippen LogP contribution < -0.4 is 9.81 Å². The lowest BCUT2D eigenvalue weighted by atomic mass is 10.1. The molecule has 0 aliphatic carbocycles. The van der Waals surface area contributed by atoms with Crippen molar-refractivity contribution in [1.29, 1.82) is 0 Å². The largest absolute Gasteiger partial charge is 0.423 e. The zero-order chi connectivity index (χ0) is 16.6. The molecule has 0 fully saturated rings. The van der Waals surface area contributed by atoms with Crippen LogP contribution >= 0.6 is 0 Å². The van der Waals surface area contributed by atoms with Gasteiger partial charge in [-0.25, -0.2) is 4.79 Å². The minimum absolute atomic E-state index is 0.0829. The Balaban J connectivity index is 2.01.